The summed E-state index contributed by atoms with van der Waals surface area (Å²) in [4.78, 5) is 21.7. The first-order valence-corrected chi connectivity index (χ1v) is 11.6. The number of hydrogen-bond donors (Lipinski definition) is 2. The van der Waals surface area contributed by atoms with Crippen LogP contribution in [0.15, 0.2) is 43.1 Å². The maximum Gasteiger partial charge on any atom is 0.252 e. The van der Waals surface area contributed by atoms with E-state index in [0.29, 0.717) is 18.7 Å². The lowest BCUT2D eigenvalue weighted by atomic mass is 9.99. The SMILES string of the molecule is CCc1cc(F)cc(C)c1CNc1cc(C(=O)NCCCn2ccnc2)cn2c(C)c(C)nc12. The van der Waals surface area contributed by atoms with E-state index in [0.717, 1.165) is 58.8 Å². The molecule has 0 spiro atoms. The number of fused-ring (bicyclic) bond motifs is 1. The molecule has 178 valence electrons. The van der Waals surface area contributed by atoms with Gasteiger partial charge in [0.2, 0.25) is 0 Å². The Bertz CT molecular complexity index is 1310. The molecule has 0 bridgehead atoms. The van der Waals surface area contributed by atoms with Crippen LogP contribution < -0.4 is 10.6 Å². The number of aromatic nitrogens is 4. The van der Waals surface area contributed by atoms with E-state index in [-0.39, 0.29) is 11.7 Å². The Balaban J connectivity index is 1.55. The Morgan fingerprint density at radius 2 is 2.00 bits per heavy atom. The minimum atomic E-state index is -0.216. The van der Waals surface area contributed by atoms with Crippen molar-refractivity contribution in [2.45, 2.75) is 53.6 Å². The van der Waals surface area contributed by atoms with Crippen molar-refractivity contribution in [1.29, 1.82) is 0 Å². The number of rotatable bonds is 9. The molecule has 4 rings (SSSR count). The average Bonchev–Trinajstić information content (AvgIpc) is 3.43. The number of imidazole rings is 2. The molecule has 0 fully saturated rings. The van der Waals surface area contributed by atoms with Gasteiger partial charge >= 0.3 is 0 Å². The smallest absolute Gasteiger partial charge is 0.252 e. The van der Waals surface area contributed by atoms with Gasteiger partial charge in [0, 0.05) is 43.9 Å². The molecule has 8 heteroatoms. The summed E-state index contributed by atoms with van der Waals surface area (Å²) in [6, 6.07) is 5.00. The van der Waals surface area contributed by atoms with Crippen LogP contribution in [0.2, 0.25) is 0 Å². The Morgan fingerprint density at radius 3 is 2.74 bits per heavy atom. The third kappa shape index (κ3) is 4.95. The number of nitrogens with one attached hydrogen (secondary N) is 2. The molecule has 0 saturated heterocycles. The molecule has 0 radical (unpaired) electrons. The van der Waals surface area contributed by atoms with Crippen LogP contribution in [0, 0.1) is 26.6 Å². The first-order chi connectivity index (χ1) is 16.4. The number of nitrogens with zero attached hydrogens (tertiary/aromatic N) is 4. The second-order valence-electron chi connectivity index (χ2n) is 8.60. The van der Waals surface area contributed by atoms with E-state index in [9.17, 15) is 9.18 Å². The maximum atomic E-state index is 13.9. The van der Waals surface area contributed by atoms with Crippen LogP contribution in [0.1, 0.15) is 51.8 Å². The van der Waals surface area contributed by atoms with Gasteiger partial charge in [0.1, 0.15) is 5.82 Å². The Kier molecular flexibility index (Phi) is 6.95. The Labute approximate surface area is 199 Å². The van der Waals surface area contributed by atoms with Crippen molar-refractivity contribution in [3.8, 4) is 0 Å². The zero-order chi connectivity index (χ0) is 24.2. The molecule has 0 atom stereocenters. The first kappa shape index (κ1) is 23.5. The highest BCUT2D eigenvalue weighted by molar-refractivity contribution is 5.96. The normalized spacial score (nSPS) is 11.2. The number of anilines is 1. The van der Waals surface area contributed by atoms with Crippen LogP contribution in [0.5, 0.6) is 0 Å². The van der Waals surface area contributed by atoms with E-state index in [2.05, 4.69) is 15.6 Å². The highest BCUT2D eigenvalue weighted by Gasteiger charge is 2.16. The summed E-state index contributed by atoms with van der Waals surface area (Å²) in [6.07, 6.45) is 8.81. The second-order valence-corrected chi connectivity index (χ2v) is 8.60. The van der Waals surface area contributed by atoms with Gasteiger partial charge in [-0.2, -0.15) is 0 Å². The molecule has 1 aromatic carbocycles. The molecule has 3 aromatic heterocycles. The molecule has 0 aliphatic carbocycles. The number of benzene rings is 1. The first-order valence-electron chi connectivity index (χ1n) is 11.6. The quantitative estimate of drug-likeness (QED) is 0.357. The van der Waals surface area contributed by atoms with Gasteiger partial charge in [-0.05, 0) is 68.5 Å². The van der Waals surface area contributed by atoms with Crippen molar-refractivity contribution in [3.63, 3.8) is 0 Å². The molecule has 0 unspecified atom stereocenters. The van der Waals surface area contributed by atoms with E-state index in [1.54, 1.807) is 24.7 Å². The third-order valence-corrected chi connectivity index (χ3v) is 6.26. The van der Waals surface area contributed by atoms with Gasteiger partial charge in [-0.15, -0.1) is 0 Å². The predicted octanol–water partition coefficient (Wildman–Crippen LogP) is 4.59. The minimum Gasteiger partial charge on any atom is -0.378 e. The lowest BCUT2D eigenvalue weighted by Gasteiger charge is -2.15. The largest absolute Gasteiger partial charge is 0.378 e. The molecule has 7 nitrogen and oxygen atoms in total. The lowest BCUT2D eigenvalue weighted by Crippen LogP contribution is -2.25. The predicted molar refractivity (Wildman–Crippen MR) is 132 cm³/mol. The van der Waals surface area contributed by atoms with Gasteiger partial charge < -0.3 is 19.6 Å². The number of carbonyl (C=O) groups excluding carboxylic acids is 1. The summed E-state index contributed by atoms with van der Waals surface area (Å²) in [5.74, 6) is -0.347. The fourth-order valence-electron chi connectivity index (χ4n) is 4.20. The van der Waals surface area contributed by atoms with Crippen LogP contribution in [-0.4, -0.2) is 31.4 Å². The van der Waals surface area contributed by atoms with Gasteiger partial charge in [0.05, 0.1) is 23.3 Å². The number of amides is 1. The van der Waals surface area contributed by atoms with Gasteiger partial charge in [0.25, 0.3) is 5.91 Å². The number of carbonyl (C=O) groups is 1. The Hall–Kier alpha value is -3.68. The third-order valence-electron chi connectivity index (χ3n) is 6.26. The monoisotopic (exact) mass is 462 g/mol. The summed E-state index contributed by atoms with van der Waals surface area (Å²) in [6.45, 7) is 9.77. The van der Waals surface area contributed by atoms with Crippen LogP contribution in [0.3, 0.4) is 0 Å². The van der Waals surface area contributed by atoms with E-state index in [1.165, 1.54) is 0 Å². The summed E-state index contributed by atoms with van der Waals surface area (Å²) < 4.78 is 17.8. The highest BCUT2D eigenvalue weighted by atomic mass is 19.1. The van der Waals surface area contributed by atoms with Crippen molar-refractivity contribution < 1.29 is 9.18 Å². The molecule has 0 aliphatic rings. The molecule has 3 heterocycles. The molecule has 0 saturated carbocycles. The van der Waals surface area contributed by atoms with Gasteiger partial charge in [-0.1, -0.05) is 6.92 Å². The molecular formula is C26H31FN6O. The van der Waals surface area contributed by atoms with Crippen molar-refractivity contribution in [2.75, 3.05) is 11.9 Å². The van der Waals surface area contributed by atoms with Crippen LogP contribution in [-0.2, 0) is 19.5 Å². The van der Waals surface area contributed by atoms with Crippen LogP contribution in [0.4, 0.5) is 10.1 Å². The topological polar surface area (TPSA) is 76.2 Å². The number of halogens is 1. The fraction of sp³-hybridized carbons (Fsp3) is 0.346. The van der Waals surface area contributed by atoms with E-state index in [1.807, 2.05) is 55.1 Å². The van der Waals surface area contributed by atoms with Gasteiger partial charge in [0.15, 0.2) is 5.65 Å². The summed E-state index contributed by atoms with van der Waals surface area (Å²) >= 11 is 0. The average molecular weight is 463 g/mol. The number of hydrogen-bond acceptors (Lipinski definition) is 4. The zero-order valence-corrected chi connectivity index (χ0v) is 20.2. The van der Waals surface area contributed by atoms with Gasteiger partial charge in [-0.25, -0.2) is 14.4 Å². The van der Waals surface area contributed by atoms with Crippen LogP contribution >= 0.6 is 0 Å². The van der Waals surface area contributed by atoms with Crippen molar-refractivity contribution in [1.82, 2.24) is 24.3 Å². The molecule has 4 aromatic rings. The molecule has 1 amide bonds. The van der Waals surface area contributed by atoms with E-state index < -0.39 is 0 Å². The number of pyridine rings is 1. The summed E-state index contributed by atoms with van der Waals surface area (Å²) in [5, 5.41) is 6.48. The maximum absolute atomic E-state index is 13.9. The van der Waals surface area contributed by atoms with Gasteiger partial charge in [-0.3, -0.25) is 4.79 Å². The van der Waals surface area contributed by atoms with Crippen molar-refractivity contribution in [2.24, 2.45) is 0 Å². The second kappa shape index (κ2) is 10.1. The number of aryl methyl sites for hydroxylation is 5. The van der Waals surface area contributed by atoms with E-state index >= 15 is 0 Å². The summed E-state index contributed by atoms with van der Waals surface area (Å²) in [5.41, 5.74) is 6.94. The molecular weight excluding hydrogens is 431 g/mol. The highest BCUT2D eigenvalue weighted by Crippen LogP contribution is 2.24. The molecule has 0 aliphatic heterocycles. The van der Waals surface area contributed by atoms with E-state index in [4.69, 9.17) is 4.98 Å². The van der Waals surface area contributed by atoms with Crippen molar-refractivity contribution in [3.05, 3.63) is 82.6 Å². The molecule has 2 N–H and O–H groups in total. The lowest BCUT2D eigenvalue weighted by molar-refractivity contribution is 0.0952. The van der Waals surface area contributed by atoms with Crippen LogP contribution in [0.25, 0.3) is 5.65 Å². The minimum absolute atomic E-state index is 0.131. The standard InChI is InChI=1S/C26H31FN6O/c1-5-20-12-22(27)11-17(2)23(20)14-30-24-13-21(15-33-19(4)18(3)31-25(24)33)26(34)29-7-6-9-32-10-8-28-16-32/h8,10-13,15-16,30H,5-7,9,14H2,1-4H3,(H,29,34). The molecule has 34 heavy (non-hydrogen) atoms. The zero-order valence-electron chi connectivity index (χ0n) is 20.2. The summed E-state index contributed by atoms with van der Waals surface area (Å²) in [7, 11) is 0. The van der Waals surface area contributed by atoms with Crippen molar-refractivity contribution >= 4 is 17.2 Å². The fourth-order valence-corrected chi connectivity index (χ4v) is 4.20. The Morgan fingerprint density at radius 1 is 1.18 bits per heavy atom.